The molecule has 2 heteroatoms. The summed E-state index contributed by atoms with van der Waals surface area (Å²) in [5.41, 5.74) is 18.3. The second-order valence-electron chi connectivity index (χ2n) is 16.3. The van der Waals surface area contributed by atoms with Crippen LogP contribution >= 0.6 is 0 Å². The lowest BCUT2D eigenvalue weighted by Crippen LogP contribution is -2.34. The molecule has 2 nitrogen and oxygen atoms in total. The third-order valence-electron chi connectivity index (χ3n) is 12.4. The lowest BCUT2D eigenvalue weighted by Gasteiger charge is -2.35. The molecule has 1 aliphatic carbocycles. The number of anilines is 4. The Bertz CT molecular complexity index is 3020. The first kappa shape index (κ1) is 39.9. The summed E-state index contributed by atoms with van der Waals surface area (Å²) in [5.74, 6) is 0. The number of para-hydroxylation sites is 1. The third kappa shape index (κ3) is 8.50. The normalized spacial score (nSPS) is 14.3. The molecule has 0 aliphatic heterocycles. The fraction of sp³-hybridized carbons (Fsp3) is 0.0323. The summed E-state index contributed by atoms with van der Waals surface area (Å²) in [6.07, 6.45) is 9.68. The van der Waals surface area contributed by atoms with Gasteiger partial charge in [-0.3, -0.25) is 0 Å². The van der Waals surface area contributed by atoms with Gasteiger partial charge in [0.05, 0.1) is 5.54 Å². The van der Waals surface area contributed by atoms with Gasteiger partial charge in [0.1, 0.15) is 0 Å². The molecule has 0 saturated heterocycles. The Hall–Kier alpha value is -8.20. The molecule has 9 aromatic carbocycles. The maximum Gasteiger partial charge on any atom is 0.0847 e. The molecule has 1 atom stereocenters. The molecule has 9 aromatic rings. The van der Waals surface area contributed by atoms with E-state index in [9.17, 15) is 0 Å². The van der Waals surface area contributed by atoms with Crippen molar-refractivity contribution >= 4 is 34.4 Å². The number of nitrogens with zero attached hydrogens (tertiary/aromatic N) is 1. The second kappa shape index (κ2) is 18.0. The zero-order valence-electron chi connectivity index (χ0n) is 35.7. The summed E-state index contributed by atoms with van der Waals surface area (Å²) < 4.78 is 0. The summed E-state index contributed by atoms with van der Waals surface area (Å²) in [7, 11) is 0. The summed E-state index contributed by atoms with van der Waals surface area (Å²) in [4.78, 5) is 2.33. The zero-order valence-corrected chi connectivity index (χ0v) is 35.7. The molecule has 0 spiro atoms. The van der Waals surface area contributed by atoms with Crippen LogP contribution in [0.4, 0.5) is 22.7 Å². The van der Waals surface area contributed by atoms with Gasteiger partial charge in [0.15, 0.2) is 0 Å². The Morgan fingerprint density at radius 2 is 0.766 bits per heavy atom. The first-order chi connectivity index (χ1) is 31.6. The van der Waals surface area contributed by atoms with Crippen molar-refractivity contribution in [1.29, 1.82) is 0 Å². The van der Waals surface area contributed by atoms with Crippen LogP contribution in [0.25, 0.3) is 56.2 Å². The van der Waals surface area contributed by atoms with E-state index in [2.05, 4.69) is 272 Å². The van der Waals surface area contributed by atoms with Gasteiger partial charge < -0.3 is 10.2 Å². The predicted molar refractivity (Wildman–Crippen MR) is 273 cm³/mol. The van der Waals surface area contributed by atoms with Gasteiger partial charge in [0, 0.05) is 22.7 Å². The number of hydrogen-bond acceptors (Lipinski definition) is 2. The Labute approximate surface area is 377 Å². The Balaban J connectivity index is 0.903. The fourth-order valence-corrected chi connectivity index (χ4v) is 8.75. The van der Waals surface area contributed by atoms with E-state index in [4.69, 9.17) is 0 Å². The maximum atomic E-state index is 3.97. The summed E-state index contributed by atoms with van der Waals surface area (Å²) in [6, 6.07) is 84.8. The van der Waals surface area contributed by atoms with Gasteiger partial charge in [-0.25, -0.2) is 0 Å². The molecule has 1 unspecified atom stereocenters. The number of rotatable bonds is 12. The lowest BCUT2D eigenvalue weighted by molar-refractivity contribution is 0.620. The van der Waals surface area contributed by atoms with Crippen molar-refractivity contribution in [3.63, 3.8) is 0 Å². The Morgan fingerprint density at radius 1 is 0.391 bits per heavy atom. The standard InChI is InChI=1S/C62H48N2/c1-2-46-18-20-49(21-19-46)50-22-24-51(25-23-50)54-30-38-60(39-31-54)64(59-16-10-5-11-17-59)61-40-32-55(33-41-61)56-42-44-62(45-43-56,57-34-26-52(27-35-57)47-12-6-3-7-13-47)63-58-36-28-53(29-37-58)48-14-8-4-9-15-48/h2-44,63H,1,45H2. The van der Waals surface area contributed by atoms with Crippen LogP contribution in [0.3, 0.4) is 0 Å². The maximum absolute atomic E-state index is 3.97. The molecule has 64 heavy (non-hydrogen) atoms. The third-order valence-corrected chi connectivity index (χ3v) is 12.4. The van der Waals surface area contributed by atoms with E-state index in [1.54, 1.807) is 0 Å². The van der Waals surface area contributed by atoms with Gasteiger partial charge in [-0.05, 0) is 122 Å². The minimum absolute atomic E-state index is 0.428. The zero-order chi connectivity index (χ0) is 43.1. The van der Waals surface area contributed by atoms with Crippen molar-refractivity contribution in [2.24, 2.45) is 0 Å². The van der Waals surface area contributed by atoms with Crippen molar-refractivity contribution in [3.05, 3.63) is 278 Å². The second-order valence-corrected chi connectivity index (χ2v) is 16.3. The molecule has 0 saturated carbocycles. The van der Waals surface area contributed by atoms with Crippen LogP contribution in [-0.4, -0.2) is 0 Å². The van der Waals surface area contributed by atoms with Crippen LogP contribution in [0, 0.1) is 0 Å². The lowest BCUT2D eigenvalue weighted by atomic mass is 9.80. The molecule has 0 radical (unpaired) electrons. The SMILES string of the molecule is C=Cc1ccc(-c2ccc(-c3ccc(N(c4ccccc4)c4ccc(C5=CCC(Nc6ccc(-c7ccccc7)cc6)(c6ccc(-c7ccccc7)cc6)C=C5)cc4)cc3)cc2)cc1. The van der Waals surface area contributed by atoms with E-state index >= 15 is 0 Å². The Kier molecular flexibility index (Phi) is 11.2. The minimum atomic E-state index is -0.428. The molecule has 306 valence electrons. The number of benzene rings is 9. The van der Waals surface area contributed by atoms with E-state index in [0.717, 1.165) is 34.7 Å². The highest BCUT2D eigenvalue weighted by molar-refractivity contribution is 5.82. The Morgan fingerprint density at radius 3 is 1.22 bits per heavy atom. The highest BCUT2D eigenvalue weighted by atomic mass is 15.1. The van der Waals surface area contributed by atoms with Gasteiger partial charge in [-0.2, -0.15) is 0 Å². The molecule has 0 aromatic heterocycles. The van der Waals surface area contributed by atoms with E-state index in [1.165, 1.54) is 61.2 Å². The summed E-state index contributed by atoms with van der Waals surface area (Å²) >= 11 is 0. The molecule has 0 heterocycles. The first-order valence-corrected chi connectivity index (χ1v) is 22.0. The molecular formula is C62H48N2. The summed E-state index contributed by atoms with van der Waals surface area (Å²) in [6.45, 7) is 3.88. The van der Waals surface area contributed by atoms with Crippen molar-refractivity contribution in [2.45, 2.75) is 12.0 Å². The van der Waals surface area contributed by atoms with E-state index in [0.29, 0.717) is 0 Å². The average molecular weight is 821 g/mol. The van der Waals surface area contributed by atoms with Gasteiger partial charge in [-0.15, -0.1) is 0 Å². The molecular weight excluding hydrogens is 773 g/mol. The highest BCUT2D eigenvalue weighted by Gasteiger charge is 2.31. The number of hydrogen-bond donors (Lipinski definition) is 1. The molecule has 1 aliphatic rings. The van der Waals surface area contributed by atoms with Gasteiger partial charge in [0.25, 0.3) is 0 Å². The van der Waals surface area contributed by atoms with Crippen molar-refractivity contribution < 1.29 is 0 Å². The van der Waals surface area contributed by atoms with Crippen LogP contribution < -0.4 is 10.2 Å². The van der Waals surface area contributed by atoms with Crippen molar-refractivity contribution in [2.75, 3.05) is 10.2 Å². The molecule has 10 rings (SSSR count). The summed E-state index contributed by atoms with van der Waals surface area (Å²) in [5, 5.41) is 3.97. The topological polar surface area (TPSA) is 15.3 Å². The minimum Gasteiger partial charge on any atom is -0.372 e. The van der Waals surface area contributed by atoms with Crippen LogP contribution in [-0.2, 0) is 5.54 Å². The quantitative estimate of drug-likeness (QED) is 0.132. The smallest absolute Gasteiger partial charge is 0.0847 e. The van der Waals surface area contributed by atoms with E-state index in [-0.39, 0.29) is 0 Å². The van der Waals surface area contributed by atoms with Gasteiger partial charge in [0.2, 0.25) is 0 Å². The fourth-order valence-electron chi connectivity index (χ4n) is 8.75. The average Bonchev–Trinajstić information content (AvgIpc) is 3.38. The van der Waals surface area contributed by atoms with E-state index in [1.807, 2.05) is 6.08 Å². The van der Waals surface area contributed by atoms with Crippen molar-refractivity contribution in [3.8, 4) is 44.5 Å². The van der Waals surface area contributed by atoms with Gasteiger partial charge in [-0.1, -0.05) is 219 Å². The van der Waals surface area contributed by atoms with Crippen molar-refractivity contribution in [1.82, 2.24) is 0 Å². The van der Waals surface area contributed by atoms with Crippen LogP contribution in [0.2, 0.25) is 0 Å². The highest BCUT2D eigenvalue weighted by Crippen LogP contribution is 2.41. The molecule has 0 amide bonds. The monoisotopic (exact) mass is 820 g/mol. The molecule has 0 bridgehead atoms. The largest absolute Gasteiger partial charge is 0.372 e. The predicted octanol–water partition coefficient (Wildman–Crippen LogP) is 16.8. The molecule has 1 N–H and O–H groups in total. The molecule has 0 fully saturated rings. The van der Waals surface area contributed by atoms with Crippen LogP contribution in [0.15, 0.2) is 261 Å². The first-order valence-electron chi connectivity index (χ1n) is 22.0. The number of allylic oxidation sites excluding steroid dienone is 2. The van der Waals surface area contributed by atoms with E-state index < -0.39 is 5.54 Å². The van der Waals surface area contributed by atoms with Crippen LogP contribution in [0.1, 0.15) is 23.1 Å². The number of nitrogens with one attached hydrogen (secondary N) is 1. The van der Waals surface area contributed by atoms with Gasteiger partial charge >= 0.3 is 0 Å². The van der Waals surface area contributed by atoms with Crippen LogP contribution in [0.5, 0.6) is 0 Å².